The largest absolute Gasteiger partial charge is 0.465 e. The minimum absolute atomic E-state index is 0.260. The van der Waals surface area contributed by atoms with E-state index in [4.69, 9.17) is 10.4 Å². The van der Waals surface area contributed by atoms with Gasteiger partial charge < -0.3 is 15.7 Å². The van der Waals surface area contributed by atoms with E-state index in [9.17, 15) is 4.79 Å². The summed E-state index contributed by atoms with van der Waals surface area (Å²) in [5.41, 5.74) is 4.60. The highest BCUT2D eigenvalue weighted by atomic mass is 127. The Kier molecular flexibility index (Phi) is 5.72. The molecule has 1 aliphatic rings. The van der Waals surface area contributed by atoms with E-state index in [1.54, 1.807) is 16.8 Å². The van der Waals surface area contributed by atoms with Gasteiger partial charge in [-0.15, -0.1) is 0 Å². The number of halogens is 1. The number of hydrogen-bond acceptors (Lipinski definition) is 5. The van der Waals surface area contributed by atoms with Gasteiger partial charge in [0.2, 0.25) is 0 Å². The van der Waals surface area contributed by atoms with E-state index in [1.807, 2.05) is 40.8 Å². The normalized spacial score (nSPS) is 17.3. The van der Waals surface area contributed by atoms with Gasteiger partial charge in [0.1, 0.15) is 6.07 Å². The Morgan fingerprint density at radius 1 is 1.33 bits per heavy atom. The second kappa shape index (κ2) is 8.59. The molecule has 9 heteroatoms. The monoisotopic (exact) mass is 512 g/mol. The van der Waals surface area contributed by atoms with Gasteiger partial charge in [-0.3, -0.25) is 4.98 Å². The molecule has 0 unspecified atom stereocenters. The van der Waals surface area contributed by atoms with Gasteiger partial charge in [0.05, 0.1) is 39.9 Å². The molecule has 0 atom stereocenters. The summed E-state index contributed by atoms with van der Waals surface area (Å²) in [6, 6.07) is 9.93. The van der Waals surface area contributed by atoms with Crippen LogP contribution in [0.3, 0.4) is 0 Å². The molecular weight excluding hydrogens is 495 g/mol. The molecule has 0 aliphatic heterocycles. The van der Waals surface area contributed by atoms with Crippen molar-refractivity contribution in [2.24, 2.45) is 5.92 Å². The van der Waals surface area contributed by atoms with Gasteiger partial charge >= 0.3 is 6.09 Å². The van der Waals surface area contributed by atoms with Crippen molar-refractivity contribution in [3.05, 3.63) is 47.8 Å². The number of carboxylic acid groups (broad SMARTS) is 1. The lowest BCUT2D eigenvalue weighted by molar-refractivity contribution is 0.186. The molecule has 1 fully saturated rings. The lowest BCUT2D eigenvalue weighted by atomic mass is 9.80. The molecule has 30 heavy (non-hydrogen) atoms. The van der Waals surface area contributed by atoms with Crippen molar-refractivity contribution in [3.8, 4) is 27.3 Å². The third-order valence-corrected chi connectivity index (χ3v) is 5.38. The quantitative estimate of drug-likeness (QED) is 0.356. The summed E-state index contributed by atoms with van der Waals surface area (Å²) in [7, 11) is 0. The van der Waals surface area contributed by atoms with Crippen LogP contribution >= 0.6 is 22.6 Å². The molecule has 3 heterocycles. The van der Waals surface area contributed by atoms with E-state index in [-0.39, 0.29) is 6.04 Å². The Balaban J connectivity index is 1.57. The van der Waals surface area contributed by atoms with Gasteiger partial charge in [-0.1, -0.05) is 5.92 Å². The maximum absolute atomic E-state index is 10.6. The van der Waals surface area contributed by atoms with Crippen molar-refractivity contribution in [2.45, 2.75) is 18.9 Å². The average Bonchev–Trinajstić information content (AvgIpc) is 3.13. The number of carbonyl (C=O) groups is 1. The van der Waals surface area contributed by atoms with Crippen LogP contribution in [0.15, 0.2) is 36.7 Å². The standard InChI is InChI=1S/C21H17IN6O2/c22-4-3-15-12-24-19(20-2-1-17-7-14(9-23)11-26-28(17)20)8-18(15)27-16-5-13(6-16)10-25-21(29)30/h1-2,7-8,11-13,16,25H,5-6,10H2,(H,24,27)(H,29,30)/t13-,16-. The molecule has 0 bridgehead atoms. The first kappa shape index (κ1) is 20.0. The van der Waals surface area contributed by atoms with E-state index >= 15 is 0 Å². The summed E-state index contributed by atoms with van der Waals surface area (Å²) in [6.45, 7) is 0.474. The SMILES string of the molecule is N#Cc1cnn2c(-c3cc(N[C@H]4C[C@H](CNC(=O)O)C4)c(C#CI)cn3)ccc2c1. The molecule has 0 spiro atoms. The molecule has 3 aromatic heterocycles. The van der Waals surface area contributed by atoms with Gasteiger partial charge in [-0.2, -0.15) is 10.4 Å². The van der Waals surface area contributed by atoms with Crippen molar-refractivity contribution in [3.63, 3.8) is 0 Å². The third kappa shape index (κ3) is 4.16. The van der Waals surface area contributed by atoms with Crippen molar-refractivity contribution in [1.29, 1.82) is 5.26 Å². The van der Waals surface area contributed by atoms with E-state index in [1.165, 1.54) is 6.20 Å². The minimum Gasteiger partial charge on any atom is -0.465 e. The molecule has 4 rings (SSSR count). The van der Waals surface area contributed by atoms with Gasteiger partial charge in [-0.25, -0.2) is 9.31 Å². The molecule has 3 aromatic rings. The zero-order chi connectivity index (χ0) is 21.1. The Morgan fingerprint density at radius 3 is 2.90 bits per heavy atom. The number of nitrogens with one attached hydrogen (secondary N) is 2. The first-order chi connectivity index (χ1) is 14.6. The molecule has 150 valence electrons. The number of nitriles is 1. The number of hydrogen-bond donors (Lipinski definition) is 3. The van der Waals surface area contributed by atoms with Crippen LogP contribution < -0.4 is 10.6 Å². The topological polar surface area (TPSA) is 115 Å². The Bertz CT molecular complexity index is 1210. The molecule has 8 nitrogen and oxygen atoms in total. The van der Waals surface area contributed by atoms with Crippen LogP contribution in [0.1, 0.15) is 24.0 Å². The van der Waals surface area contributed by atoms with Crippen LogP contribution in [0.4, 0.5) is 10.5 Å². The van der Waals surface area contributed by atoms with Crippen LogP contribution in [0.2, 0.25) is 0 Å². The second-order valence-electron chi connectivity index (χ2n) is 7.11. The van der Waals surface area contributed by atoms with E-state index in [2.05, 4.69) is 36.6 Å². The lowest BCUT2D eigenvalue weighted by Gasteiger charge is -2.36. The van der Waals surface area contributed by atoms with Crippen molar-refractivity contribution < 1.29 is 9.90 Å². The number of rotatable bonds is 5. The Hall–Kier alpha value is -3.31. The number of nitrogens with zero attached hydrogens (tertiary/aromatic N) is 4. The molecular formula is C21H17IN6O2. The zero-order valence-electron chi connectivity index (χ0n) is 15.8. The van der Waals surface area contributed by atoms with Gasteiger partial charge in [0, 0.05) is 41.4 Å². The van der Waals surface area contributed by atoms with Crippen LogP contribution in [-0.2, 0) is 0 Å². The van der Waals surface area contributed by atoms with Crippen molar-refractivity contribution in [2.75, 3.05) is 11.9 Å². The zero-order valence-corrected chi connectivity index (χ0v) is 17.9. The highest BCUT2D eigenvalue weighted by molar-refractivity contribution is 14.1. The summed E-state index contributed by atoms with van der Waals surface area (Å²) < 4.78 is 4.65. The fraction of sp³-hybridized carbons (Fsp3) is 0.238. The smallest absolute Gasteiger partial charge is 0.404 e. The van der Waals surface area contributed by atoms with Crippen LogP contribution in [0.5, 0.6) is 0 Å². The van der Waals surface area contributed by atoms with E-state index in [0.29, 0.717) is 18.0 Å². The molecule has 0 saturated heterocycles. The highest BCUT2D eigenvalue weighted by Gasteiger charge is 2.29. The van der Waals surface area contributed by atoms with Crippen molar-refractivity contribution in [1.82, 2.24) is 19.9 Å². The van der Waals surface area contributed by atoms with Gasteiger partial charge in [-0.05, 0) is 47.0 Å². The summed E-state index contributed by atoms with van der Waals surface area (Å²) in [6.07, 6.45) is 4.07. The summed E-state index contributed by atoms with van der Waals surface area (Å²) in [5, 5.41) is 28.1. The minimum atomic E-state index is -0.986. The summed E-state index contributed by atoms with van der Waals surface area (Å²) in [4.78, 5) is 15.2. The number of pyridine rings is 1. The summed E-state index contributed by atoms with van der Waals surface area (Å²) in [5.74, 6) is 3.41. The fourth-order valence-electron chi connectivity index (χ4n) is 3.59. The predicted molar refractivity (Wildman–Crippen MR) is 120 cm³/mol. The lowest BCUT2D eigenvalue weighted by Crippen LogP contribution is -2.41. The predicted octanol–water partition coefficient (Wildman–Crippen LogP) is 3.47. The Labute approximate surface area is 186 Å². The van der Waals surface area contributed by atoms with E-state index < -0.39 is 6.09 Å². The maximum Gasteiger partial charge on any atom is 0.404 e. The molecule has 1 saturated carbocycles. The number of fused-ring (bicyclic) bond motifs is 1. The first-order valence-corrected chi connectivity index (χ1v) is 10.4. The molecule has 1 amide bonds. The van der Waals surface area contributed by atoms with Crippen molar-refractivity contribution >= 4 is 39.9 Å². The third-order valence-electron chi connectivity index (χ3n) is 5.12. The average molecular weight is 512 g/mol. The molecule has 1 aliphatic carbocycles. The second-order valence-corrected chi connectivity index (χ2v) is 7.65. The van der Waals surface area contributed by atoms with Crippen LogP contribution in [0, 0.1) is 27.1 Å². The number of aromatic nitrogens is 3. The first-order valence-electron chi connectivity index (χ1n) is 9.30. The molecule has 3 N–H and O–H groups in total. The highest BCUT2D eigenvalue weighted by Crippen LogP contribution is 2.32. The fourth-order valence-corrected chi connectivity index (χ4v) is 3.88. The summed E-state index contributed by atoms with van der Waals surface area (Å²) >= 11 is 2.00. The Morgan fingerprint density at radius 2 is 2.17 bits per heavy atom. The van der Waals surface area contributed by atoms with Crippen LogP contribution in [-0.4, -0.2) is 38.4 Å². The van der Waals surface area contributed by atoms with E-state index in [0.717, 1.165) is 41.0 Å². The van der Waals surface area contributed by atoms with Gasteiger partial charge in [0.15, 0.2) is 0 Å². The maximum atomic E-state index is 10.6. The molecule has 0 radical (unpaired) electrons. The number of anilines is 1. The van der Waals surface area contributed by atoms with Gasteiger partial charge in [0.25, 0.3) is 0 Å². The van der Waals surface area contributed by atoms with Crippen LogP contribution in [0.25, 0.3) is 16.9 Å². The number of amides is 1. The molecule has 0 aromatic carbocycles.